The lowest BCUT2D eigenvalue weighted by atomic mass is 10.2. The zero-order chi connectivity index (χ0) is 14.6. The third-order valence-corrected chi connectivity index (χ3v) is 3.89. The molecule has 0 spiro atoms. The van der Waals surface area contributed by atoms with E-state index >= 15 is 0 Å². The van der Waals surface area contributed by atoms with Gasteiger partial charge in [-0.05, 0) is 33.6 Å². The first-order chi connectivity index (χ1) is 8.86. The van der Waals surface area contributed by atoms with E-state index < -0.39 is 5.97 Å². The Balaban J connectivity index is 2.99. The van der Waals surface area contributed by atoms with Gasteiger partial charge in [0.1, 0.15) is 11.4 Å². The van der Waals surface area contributed by atoms with E-state index in [1.54, 1.807) is 6.92 Å². The highest BCUT2D eigenvalue weighted by Gasteiger charge is 2.25. The summed E-state index contributed by atoms with van der Waals surface area (Å²) in [7, 11) is 0. The van der Waals surface area contributed by atoms with E-state index in [-0.39, 0.29) is 18.5 Å². The van der Waals surface area contributed by atoms with Crippen LogP contribution in [0.1, 0.15) is 47.6 Å². The van der Waals surface area contributed by atoms with Crippen molar-refractivity contribution in [1.29, 1.82) is 0 Å². The third-order valence-electron chi connectivity index (χ3n) is 2.69. The van der Waals surface area contributed by atoms with Crippen LogP contribution >= 0.6 is 11.3 Å². The molecule has 1 aromatic heterocycles. The Morgan fingerprint density at radius 2 is 2.05 bits per heavy atom. The summed E-state index contributed by atoms with van der Waals surface area (Å²) in [5, 5.41) is 9.81. The lowest BCUT2D eigenvalue weighted by molar-refractivity contribution is -0.138. The van der Waals surface area contributed by atoms with Crippen molar-refractivity contribution in [3.63, 3.8) is 0 Å². The summed E-state index contributed by atoms with van der Waals surface area (Å²) in [5.74, 6) is -1.24. The number of hydrogen-bond donors (Lipinski definition) is 1. The van der Waals surface area contributed by atoms with Crippen molar-refractivity contribution in [3.05, 3.63) is 15.6 Å². The van der Waals surface area contributed by atoms with Crippen molar-refractivity contribution >= 4 is 23.2 Å². The fraction of sp³-hybridized carbons (Fsp3) is 0.615. The summed E-state index contributed by atoms with van der Waals surface area (Å²) in [6.07, 6.45) is 1.82. The molecule has 0 aliphatic heterocycles. The van der Waals surface area contributed by atoms with E-state index in [2.05, 4.69) is 11.9 Å². The number of nitrogens with zero attached hydrogens (tertiary/aromatic N) is 2. The molecule has 0 aromatic carbocycles. The van der Waals surface area contributed by atoms with Crippen molar-refractivity contribution in [2.45, 2.75) is 46.6 Å². The van der Waals surface area contributed by atoms with Crippen LogP contribution in [0.15, 0.2) is 0 Å². The molecule has 106 valence electrons. The molecule has 1 N–H and O–H groups in total. The SMILES string of the molecule is CCCc1nc(C)c(C(=O)N(CC(=O)O)C(C)C)s1. The summed E-state index contributed by atoms with van der Waals surface area (Å²) in [4.78, 5) is 29.5. The predicted octanol–water partition coefficient (Wildman–Crippen LogP) is 2.34. The Labute approximate surface area is 117 Å². The molecule has 0 saturated heterocycles. The molecule has 0 bridgehead atoms. The van der Waals surface area contributed by atoms with Gasteiger partial charge < -0.3 is 10.0 Å². The lowest BCUT2D eigenvalue weighted by Gasteiger charge is -2.24. The van der Waals surface area contributed by atoms with Crippen molar-refractivity contribution in [1.82, 2.24) is 9.88 Å². The average molecular weight is 284 g/mol. The zero-order valence-electron chi connectivity index (χ0n) is 11.8. The van der Waals surface area contributed by atoms with Crippen LogP contribution in [0.4, 0.5) is 0 Å². The maximum Gasteiger partial charge on any atom is 0.323 e. The third kappa shape index (κ3) is 4.02. The zero-order valence-corrected chi connectivity index (χ0v) is 12.6. The van der Waals surface area contributed by atoms with Gasteiger partial charge in [0, 0.05) is 6.04 Å². The van der Waals surface area contributed by atoms with E-state index in [1.165, 1.54) is 16.2 Å². The van der Waals surface area contributed by atoms with Crippen LogP contribution in [0.25, 0.3) is 0 Å². The van der Waals surface area contributed by atoms with Gasteiger partial charge in [0.05, 0.1) is 10.7 Å². The molecule has 1 aromatic rings. The summed E-state index contributed by atoms with van der Waals surface area (Å²) >= 11 is 1.37. The first kappa shape index (κ1) is 15.6. The van der Waals surface area contributed by atoms with Gasteiger partial charge in [0.25, 0.3) is 5.91 Å². The minimum atomic E-state index is -1.00. The minimum absolute atomic E-state index is 0.153. The molecule has 0 saturated carbocycles. The van der Waals surface area contributed by atoms with Gasteiger partial charge in [-0.25, -0.2) is 4.98 Å². The van der Waals surface area contributed by atoms with Gasteiger partial charge >= 0.3 is 5.97 Å². The average Bonchev–Trinajstić information content (AvgIpc) is 2.66. The van der Waals surface area contributed by atoms with Crippen LogP contribution in [0, 0.1) is 6.92 Å². The topological polar surface area (TPSA) is 70.5 Å². The fourth-order valence-corrected chi connectivity index (χ4v) is 2.86. The van der Waals surface area contributed by atoms with Gasteiger partial charge in [-0.2, -0.15) is 0 Å². The molecule has 0 atom stereocenters. The normalized spacial score (nSPS) is 10.8. The Morgan fingerprint density at radius 1 is 1.42 bits per heavy atom. The standard InChI is InChI=1S/C13H20N2O3S/c1-5-6-10-14-9(4)12(19-10)13(18)15(8(2)3)7-11(16)17/h8H,5-7H2,1-4H3,(H,16,17). The van der Waals surface area contributed by atoms with Crippen LogP contribution in [-0.2, 0) is 11.2 Å². The molecule has 0 radical (unpaired) electrons. The Morgan fingerprint density at radius 3 is 2.53 bits per heavy atom. The summed E-state index contributed by atoms with van der Waals surface area (Å²) in [5.41, 5.74) is 0.689. The van der Waals surface area contributed by atoms with E-state index in [0.29, 0.717) is 10.6 Å². The molecular weight excluding hydrogens is 264 g/mol. The molecule has 1 rings (SSSR count). The van der Waals surface area contributed by atoms with E-state index in [9.17, 15) is 9.59 Å². The molecule has 19 heavy (non-hydrogen) atoms. The second-order valence-electron chi connectivity index (χ2n) is 4.69. The van der Waals surface area contributed by atoms with E-state index in [1.807, 2.05) is 13.8 Å². The second kappa shape index (κ2) is 6.65. The number of carbonyl (C=O) groups excluding carboxylic acids is 1. The largest absolute Gasteiger partial charge is 0.480 e. The number of aryl methyl sites for hydroxylation is 2. The van der Waals surface area contributed by atoms with E-state index in [4.69, 9.17) is 5.11 Å². The highest BCUT2D eigenvalue weighted by Crippen LogP contribution is 2.22. The van der Waals surface area contributed by atoms with E-state index in [0.717, 1.165) is 17.8 Å². The smallest absolute Gasteiger partial charge is 0.323 e. The molecule has 0 fully saturated rings. The molecule has 0 aliphatic carbocycles. The molecule has 5 nitrogen and oxygen atoms in total. The first-order valence-corrected chi connectivity index (χ1v) is 7.17. The van der Waals surface area contributed by atoms with Crippen LogP contribution in [0.2, 0.25) is 0 Å². The number of carboxylic acids is 1. The van der Waals surface area contributed by atoms with Crippen LogP contribution < -0.4 is 0 Å². The van der Waals surface area contributed by atoms with Gasteiger partial charge in [0.15, 0.2) is 0 Å². The number of aromatic nitrogens is 1. The summed E-state index contributed by atoms with van der Waals surface area (Å²) < 4.78 is 0. The van der Waals surface area contributed by atoms with Crippen molar-refractivity contribution < 1.29 is 14.7 Å². The fourth-order valence-electron chi connectivity index (χ4n) is 1.74. The maximum absolute atomic E-state index is 12.4. The second-order valence-corrected chi connectivity index (χ2v) is 5.78. The van der Waals surface area contributed by atoms with Crippen LogP contribution in [0.3, 0.4) is 0 Å². The molecule has 0 unspecified atom stereocenters. The summed E-state index contributed by atoms with van der Waals surface area (Å²) in [6.45, 7) is 7.19. The Kier molecular flexibility index (Phi) is 5.47. The molecule has 1 heterocycles. The number of carboxylic acid groups (broad SMARTS) is 1. The Hall–Kier alpha value is -1.43. The number of thiazole rings is 1. The highest BCUT2D eigenvalue weighted by molar-refractivity contribution is 7.13. The molecule has 0 aliphatic rings. The molecular formula is C13H20N2O3S. The quantitative estimate of drug-likeness (QED) is 0.870. The maximum atomic E-state index is 12.4. The number of carbonyl (C=O) groups is 2. The monoisotopic (exact) mass is 284 g/mol. The molecule has 1 amide bonds. The van der Waals surface area contributed by atoms with Crippen molar-refractivity contribution in [3.8, 4) is 0 Å². The molecule has 6 heteroatoms. The number of aliphatic carboxylic acids is 1. The predicted molar refractivity (Wildman–Crippen MR) is 74.7 cm³/mol. The van der Waals surface area contributed by atoms with Gasteiger partial charge in [-0.3, -0.25) is 9.59 Å². The summed E-state index contributed by atoms with van der Waals surface area (Å²) in [6, 6.07) is -0.153. The first-order valence-electron chi connectivity index (χ1n) is 6.35. The minimum Gasteiger partial charge on any atom is -0.480 e. The van der Waals surface area contributed by atoms with Gasteiger partial charge in [-0.1, -0.05) is 6.92 Å². The lowest BCUT2D eigenvalue weighted by Crippen LogP contribution is -2.40. The van der Waals surface area contributed by atoms with Gasteiger partial charge in [0.2, 0.25) is 0 Å². The van der Waals surface area contributed by atoms with Crippen LogP contribution in [0.5, 0.6) is 0 Å². The number of rotatable bonds is 6. The van der Waals surface area contributed by atoms with Crippen molar-refractivity contribution in [2.24, 2.45) is 0 Å². The Bertz CT molecular complexity index is 468. The number of amides is 1. The number of hydrogen-bond acceptors (Lipinski definition) is 4. The van der Waals surface area contributed by atoms with Gasteiger partial charge in [-0.15, -0.1) is 11.3 Å². The van der Waals surface area contributed by atoms with Crippen LogP contribution in [-0.4, -0.2) is 39.5 Å². The highest BCUT2D eigenvalue weighted by atomic mass is 32.1. The van der Waals surface area contributed by atoms with Crippen molar-refractivity contribution in [2.75, 3.05) is 6.54 Å².